The van der Waals surface area contributed by atoms with Crippen molar-refractivity contribution in [3.8, 4) is 0 Å². The molecular formula is C26H24N4O2. The van der Waals surface area contributed by atoms with E-state index in [0.717, 1.165) is 17.0 Å². The van der Waals surface area contributed by atoms with Gasteiger partial charge in [0.2, 0.25) is 0 Å². The highest BCUT2D eigenvalue weighted by Gasteiger charge is 2.14. The second kappa shape index (κ2) is 9.75. The van der Waals surface area contributed by atoms with E-state index in [1.165, 1.54) is 0 Å². The van der Waals surface area contributed by atoms with Crippen LogP contribution in [0.4, 0.5) is 5.69 Å². The molecule has 160 valence electrons. The van der Waals surface area contributed by atoms with Crippen molar-refractivity contribution < 1.29 is 9.59 Å². The zero-order valence-electron chi connectivity index (χ0n) is 17.8. The van der Waals surface area contributed by atoms with Gasteiger partial charge in [0.1, 0.15) is 5.82 Å². The molecule has 4 aromatic rings. The Labute approximate surface area is 186 Å². The Hall–Kier alpha value is -4.19. The summed E-state index contributed by atoms with van der Waals surface area (Å²) >= 11 is 0. The maximum Gasteiger partial charge on any atom is 0.255 e. The molecule has 1 aromatic heterocycles. The Morgan fingerprint density at radius 1 is 0.844 bits per heavy atom. The van der Waals surface area contributed by atoms with Gasteiger partial charge in [-0.05, 0) is 42.3 Å². The van der Waals surface area contributed by atoms with Crippen LogP contribution in [0.25, 0.3) is 0 Å². The van der Waals surface area contributed by atoms with Gasteiger partial charge in [0.05, 0.1) is 11.3 Å². The third-order valence-corrected chi connectivity index (χ3v) is 5.21. The van der Waals surface area contributed by atoms with Crippen LogP contribution in [0.15, 0.2) is 91.3 Å². The molecule has 2 N–H and O–H groups in total. The molecule has 0 radical (unpaired) electrons. The number of aromatic nitrogens is 2. The Morgan fingerprint density at radius 3 is 2.28 bits per heavy atom. The van der Waals surface area contributed by atoms with Crippen LogP contribution in [0.3, 0.4) is 0 Å². The highest BCUT2D eigenvalue weighted by atomic mass is 16.2. The number of para-hydroxylation sites is 1. The summed E-state index contributed by atoms with van der Waals surface area (Å²) in [6.45, 7) is 3.06. The monoisotopic (exact) mass is 424 g/mol. The summed E-state index contributed by atoms with van der Waals surface area (Å²) in [7, 11) is 0. The number of anilines is 1. The Balaban J connectivity index is 1.42. The van der Waals surface area contributed by atoms with Crippen molar-refractivity contribution in [1.29, 1.82) is 0 Å². The lowest BCUT2D eigenvalue weighted by Crippen LogP contribution is -2.24. The van der Waals surface area contributed by atoms with Gasteiger partial charge in [0, 0.05) is 31.0 Å². The van der Waals surface area contributed by atoms with E-state index in [0.29, 0.717) is 29.9 Å². The first-order valence-corrected chi connectivity index (χ1v) is 10.4. The number of hydrogen-bond donors (Lipinski definition) is 2. The summed E-state index contributed by atoms with van der Waals surface area (Å²) in [4.78, 5) is 29.7. The quantitative estimate of drug-likeness (QED) is 0.461. The van der Waals surface area contributed by atoms with E-state index in [9.17, 15) is 9.59 Å². The average molecular weight is 425 g/mol. The Morgan fingerprint density at radius 2 is 1.56 bits per heavy atom. The maximum absolute atomic E-state index is 12.8. The van der Waals surface area contributed by atoms with Crippen LogP contribution in [0.2, 0.25) is 0 Å². The van der Waals surface area contributed by atoms with E-state index in [1.54, 1.807) is 42.6 Å². The first kappa shape index (κ1) is 21.1. The lowest BCUT2D eigenvalue weighted by atomic mass is 10.1. The molecule has 0 unspecified atom stereocenters. The third-order valence-electron chi connectivity index (χ3n) is 5.21. The SMILES string of the molecule is Cc1nccn1Cc1ccc(C(=O)Nc2ccccc2C(=O)NCc2ccccc2)cc1. The van der Waals surface area contributed by atoms with Gasteiger partial charge in [-0.1, -0.05) is 54.6 Å². The fourth-order valence-corrected chi connectivity index (χ4v) is 3.39. The maximum atomic E-state index is 12.8. The Kier molecular flexibility index (Phi) is 6.41. The van der Waals surface area contributed by atoms with Crippen molar-refractivity contribution in [1.82, 2.24) is 14.9 Å². The first-order valence-electron chi connectivity index (χ1n) is 10.4. The number of nitrogens with zero attached hydrogens (tertiary/aromatic N) is 2. The number of hydrogen-bond acceptors (Lipinski definition) is 3. The van der Waals surface area contributed by atoms with Crippen LogP contribution in [0.1, 0.15) is 37.7 Å². The topological polar surface area (TPSA) is 76.0 Å². The summed E-state index contributed by atoms with van der Waals surface area (Å²) in [5, 5.41) is 5.77. The lowest BCUT2D eigenvalue weighted by molar-refractivity contribution is 0.0952. The molecule has 32 heavy (non-hydrogen) atoms. The average Bonchev–Trinajstić information content (AvgIpc) is 3.23. The first-order chi connectivity index (χ1) is 15.6. The van der Waals surface area contributed by atoms with E-state index in [4.69, 9.17) is 0 Å². The second-order valence-electron chi connectivity index (χ2n) is 7.47. The fourth-order valence-electron chi connectivity index (χ4n) is 3.39. The molecule has 6 nitrogen and oxygen atoms in total. The molecule has 0 aliphatic carbocycles. The molecule has 0 aliphatic heterocycles. The lowest BCUT2D eigenvalue weighted by Gasteiger charge is -2.12. The molecule has 4 rings (SSSR count). The molecule has 3 aromatic carbocycles. The fraction of sp³-hybridized carbons (Fsp3) is 0.115. The van der Waals surface area contributed by atoms with E-state index in [2.05, 4.69) is 15.6 Å². The molecule has 6 heteroatoms. The van der Waals surface area contributed by atoms with Crippen molar-refractivity contribution in [3.05, 3.63) is 119 Å². The minimum Gasteiger partial charge on any atom is -0.348 e. The van der Waals surface area contributed by atoms with Gasteiger partial charge in [0.25, 0.3) is 11.8 Å². The van der Waals surface area contributed by atoms with Crippen LogP contribution >= 0.6 is 0 Å². The zero-order chi connectivity index (χ0) is 22.3. The smallest absolute Gasteiger partial charge is 0.255 e. The highest BCUT2D eigenvalue weighted by molar-refractivity contribution is 6.09. The van der Waals surface area contributed by atoms with Crippen LogP contribution in [-0.4, -0.2) is 21.4 Å². The summed E-state index contributed by atoms with van der Waals surface area (Å²) in [5.41, 5.74) is 3.50. The zero-order valence-corrected chi connectivity index (χ0v) is 17.8. The van der Waals surface area contributed by atoms with Crippen LogP contribution < -0.4 is 10.6 Å². The summed E-state index contributed by atoms with van der Waals surface area (Å²) in [5.74, 6) is 0.434. The third kappa shape index (κ3) is 5.10. The van der Waals surface area contributed by atoms with Gasteiger partial charge in [-0.3, -0.25) is 9.59 Å². The predicted octanol–water partition coefficient (Wildman–Crippen LogP) is 4.42. The van der Waals surface area contributed by atoms with Gasteiger partial charge < -0.3 is 15.2 Å². The number of carbonyl (C=O) groups excluding carboxylic acids is 2. The molecule has 0 saturated carbocycles. The predicted molar refractivity (Wildman–Crippen MR) is 125 cm³/mol. The molecular weight excluding hydrogens is 400 g/mol. The summed E-state index contributed by atoms with van der Waals surface area (Å²) in [6, 6.07) is 24.1. The van der Waals surface area contributed by atoms with Crippen LogP contribution in [-0.2, 0) is 13.1 Å². The van der Waals surface area contributed by atoms with Crippen molar-refractivity contribution in [2.24, 2.45) is 0 Å². The Bertz CT molecular complexity index is 1210. The molecule has 2 amide bonds. The molecule has 0 spiro atoms. The molecule has 0 fully saturated rings. The molecule has 0 aliphatic rings. The minimum absolute atomic E-state index is 0.240. The van der Waals surface area contributed by atoms with Gasteiger partial charge in [-0.2, -0.15) is 0 Å². The van der Waals surface area contributed by atoms with Crippen molar-refractivity contribution in [2.45, 2.75) is 20.0 Å². The van der Waals surface area contributed by atoms with E-state index >= 15 is 0 Å². The van der Waals surface area contributed by atoms with Gasteiger partial charge in [0.15, 0.2) is 0 Å². The number of benzene rings is 3. The van der Waals surface area contributed by atoms with Crippen LogP contribution in [0.5, 0.6) is 0 Å². The molecule has 1 heterocycles. The number of imidazole rings is 1. The normalized spacial score (nSPS) is 10.5. The highest BCUT2D eigenvalue weighted by Crippen LogP contribution is 2.17. The minimum atomic E-state index is -0.265. The molecule has 0 bridgehead atoms. The number of carbonyl (C=O) groups is 2. The molecule has 0 saturated heterocycles. The van der Waals surface area contributed by atoms with Gasteiger partial charge in [-0.25, -0.2) is 4.98 Å². The van der Waals surface area contributed by atoms with E-state index < -0.39 is 0 Å². The van der Waals surface area contributed by atoms with Gasteiger partial charge >= 0.3 is 0 Å². The summed E-state index contributed by atoms with van der Waals surface area (Å²) in [6.07, 6.45) is 3.69. The van der Waals surface area contributed by atoms with Crippen molar-refractivity contribution >= 4 is 17.5 Å². The van der Waals surface area contributed by atoms with Gasteiger partial charge in [-0.15, -0.1) is 0 Å². The van der Waals surface area contributed by atoms with Crippen molar-refractivity contribution in [2.75, 3.05) is 5.32 Å². The largest absolute Gasteiger partial charge is 0.348 e. The van der Waals surface area contributed by atoms with E-state index in [1.807, 2.05) is 60.2 Å². The number of rotatable bonds is 7. The number of amides is 2. The number of nitrogens with one attached hydrogen (secondary N) is 2. The summed E-state index contributed by atoms with van der Waals surface area (Å²) < 4.78 is 2.04. The standard InChI is InChI=1S/C26H24N4O2/c1-19-27-15-16-30(19)18-21-11-13-22(14-12-21)25(31)29-24-10-6-5-9-23(24)26(32)28-17-20-7-3-2-4-8-20/h2-16H,17-18H2,1H3,(H,28,32)(H,29,31). The number of aryl methyl sites for hydroxylation is 1. The van der Waals surface area contributed by atoms with E-state index in [-0.39, 0.29) is 11.8 Å². The molecule has 0 atom stereocenters. The second-order valence-corrected chi connectivity index (χ2v) is 7.47. The van der Waals surface area contributed by atoms with Crippen molar-refractivity contribution in [3.63, 3.8) is 0 Å². The van der Waals surface area contributed by atoms with Crippen LogP contribution in [0, 0.1) is 6.92 Å².